The lowest BCUT2D eigenvalue weighted by Crippen LogP contribution is -2.46. The van der Waals surface area contributed by atoms with Crippen LogP contribution in [0.4, 0.5) is 5.69 Å². The van der Waals surface area contributed by atoms with Gasteiger partial charge >= 0.3 is 0 Å². The second-order valence-corrected chi connectivity index (χ2v) is 8.34. The fourth-order valence-electron chi connectivity index (χ4n) is 3.76. The van der Waals surface area contributed by atoms with Crippen LogP contribution in [0.3, 0.4) is 0 Å². The second-order valence-electron chi connectivity index (χ2n) is 7.06. The number of furan rings is 1. The van der Waals surface area contributed by atoms with Crippen LogP contribution in [0.5, 0.6) is 0 Å². The fourth-order valence-corrected chi connectivity index (χ4v) is 4.41. The van der Waals surface area contributed by atoms with Gasteiger partial charge in [0.2, 0.25) is 0 Å². The number of hydrogen-bond acceptors (Lipinski definition) is 3. The lowest BCUT2D eigenvalue weighted by molar-refractivity contribution is 0.0926. The Morgan fingerprint density at radius 2 is 1.79 bits per heavy atom. The van der Waals surface area contributed by atoms with Crippen molar-refractivity contribution in [1.82, 2.24) is 5.32 Å². The van der Waals surface area contributed by atoms with Crippen molar-refractivity contribution in [3.63, 3.8) is 0 Å². The molecule has 0 saturated carbocycles. The van der Waals surface area contributed by atoms with E-state index >= 15 is 0 Å². The Morgan fingerprint density at radius 3 is 2.48 bits per heavy atom. The molecule has 2 unspecified atom stereocenters. The maximum atomic E-state index is 12.5. The number of carbonyl (C=O) groups excluding carboxylic acids is 1. The van der Waals surface area contributed by atoms with E-state index in [1.54, 1.807) is 12.1 Å². The van der Waals surface area contributed by atoms with Gasteiger partial charge in [-0.3, -0.25) is 4.79 Å². The third-order valence-electron chi connectivity index (χ3n) is 5.19. The first-order valence-electron chi connectivity index (χ1n) is 9.31. The fraction of sp³-hybridized carbons (Fsp3) is 0.227. The molecule has 1 aliphatic rings. The van der Waals surface area contributed by atoms with Crippen molar-refractivity contribution in [2.45, 2.75) is 24.9 Å². The Hall–Kier alpha value is -2.14. The molecule has 1 aromatic heterocycles. The van der Waals surface area contributed by atoms with E-state index in [4.69, 9.17) is 39.2 Å². The highest BCUT2D eigenvalue weighted by molar-refractivity contribution is 6.36. The van der Waals surface area contributed by atoms with Crippen LogP contribution in [0.15, 0.2) is 65.5 Å². The Labute approximate surface area is 184 Å². The maximum Gasteiger partial charge on any atom is 0.254 e. The quantitative estimate of drug-likeness (QED) is 0.502. The summed E-state index contributed by atoms with van der Waals surface area (Å²) in [6.45, 7) is 0.741. The molecule has 7 heteroatoms. The molecule has 1 fully saturated rings. The number of amides is 1. The van der Waals surface area contributed by atoms with Crippen LogP contribution < -0.4 is 10.2 Å². The summed E-state index contributed by atoms with van der Waals surface area (Å²) in [4.78, 5) is 14.7. The lowest BCUT2D eigenvalue weighted by Gasteiger charge is -2.42. The van der Waals surface area contributed by atoms with Gasteiger partial charge in [-0.05, 0) is 54.8 Å². The molecule has 2 aromatic carbocycles. The van der Waals surface area contributed by atoms with Crippen LogP contribution in [0.25, 0.3) is 0 Å². The molecule has 2 heterocycles. The van der Waals surface area contributed by atoms with Crippen molar-refractivity contribution in [1.29, 1.82) is 0 Å². The Kier molecular flexibility index (Phi) is 6.04. The first-order valence-corrected chi connectivity index (χ1v) is 10.4. The summed E-state index contributed by atoms with van der Waals surface area (Å²) >= 11 is 18.7. The first kappa shape index (κ1) is 20.1. The number of carbonyl (C=O) groups is 1. The molecule has 1 aliphatic heterocycles. The summed E-state index contributed by atoms with van der Waals surface area (Å²) in [5.74, 6) is -0.128. The summed E-state index contributed by atoms with van der Waals surface area (Å²) in [7, 11) is 0. The van der Waals surface area contributed by atoms with Crippen molar-refractivity contribution in [3.05, 3.63) is 87.3 Å². The van der Waals surface area contributed by atoms with Gasteiger partial charge in [0.05, 0.1) is 28.6 Å². The molecule has 4 nitrogen and oxygen atoms in total. The highest BCUT2D eigenvalue weighted by Gasteiger charge is 2.32. The number of nitrogens with zero attached hydrogens (tertiary/aromatic N) is 1. The standard InChI is InChI=1S/C22H19Cl3N2O2/c23-16-3-1-14(2-4-16)21-12-18(26-22(28)15-8-10-29-13-15)7-9-27(21)20-6-5-17(24)11-19(20)25/h1-6,8,10-11,13,18,21H,7,9,12H2,(H,26,28). The molecular weight excluding hydrogens is 431 g/mol. The number of hydrogen-bond donors (Lipinski definition) is 1. The van der Waals surface area contributed by atoms with Gasteiger partial charge < -0.3 is 14.6 Å². The normalized spacial score (nSPS) is 19.2. The van der Waals surface area contributed by atoms with E-state index in [1.807, 2.05) is 36.4 Å². The molecule has 1 saturated heterocycles. The van der Waals surface area contributed by atoms with E-state index in [9.17, 15) is 4.79 Å². The molecule has 29 heavy (non-hydrogen) atoms. The minimum Gasteiger partial charge on any atom is -0.472 e. The third kappa shape index (κ3) is 4.55. The van der Waals surface area contributed by atoms with Crippen LogP contribution in [-0.4, -0.2) is 18.5 Å². The highest BCUT2D eigenvalue weighted by atomic mass is 35.5. The average Bonchev–Trinajstić information content (AvgIpc) is 3.24. The zero-order chi connectivity index (χ0) is 20.4. The monoisotopic (exact) mass is 448 g/mol. The van der Waals surface area contributed by atoms with E-state index in [2.05, 4.69) is 10.2 Å². The van der Waals surface area contributed by atoms with Crippen molar-refractivity contribution in [2.24, 2.45) is 0 Å². The molecule has 150 valence electrons. The van der Waals surface area contributed by atoms with E-state index in [0.717, 1.165) is 30.6 Å². The molecule has 1 amide bonds. The maximum absolute atomic E-state index is 12.5. The van der Waals surface area contributed by atoms with E-state index < -0.39 is 0 Å². The summed E-state index contributed by atoms with van der Waals surface area (Å²) in [5, 5.41) is 5.02. The molecule has 0 bridgehead atoms. The van der Waals surface area contributed by atoms with Gasteiger partial charge in [-0.25, -0.2) is 0 Å². The molecule has 3 aromatic rings. The summed E-state index contributed by atoms with van der Waals surface area (Å²) < 4.78 is 5.02. The smallest absolute Gasteiger partial charge is 0.254 e. The second kappa shape index (κ2) is 8.70. The van der Waals surface area contributed by atoms with Gasteiger partial charge in [0, 0.05) is 22.6 Å². The Bertz CT molecular complexity index is 990. The SMILES string of the molecule is O=C(NC1CCN(c2ccc(Cl)cc2Cl)C(c2ccc(Cl)cc2)C1)c1ccoc1. The summed E-state index contributed by atoms with van der Waals surface area (Å²) in [6, 6.07) is 15.1. The lowest BCUT2D eigenvalue weighted by atomic mass is 9.91. The van der Waals surface area contributed by atoms with Crippen molar-refractivity contribution < 1.29 is 9.21 Å². The zero-order valence-corrected chi connectivity index (χ0v) is 17.7. The highest BCUT2D eigenvalue weighted by Crippen LogP contribution is 2.39. The number of anilines is 1. The number of nitrogens with one attached hydrogen (secondary N) is 1. The van der Waals surface area contributed by atoms with E-state index in [0.29, 0.717) is 20.6 Å². The van der Waals surface area contributed by atoms with Crippen molar-refractivity contribution >= 4 is 46.4 Å². The molecule has 0 aliphatic carbocycles. The van der Waals surface area contributed by atoms with Crippen molar-refractivity contribution in [3.8, 4) is 0 Å². The summed E-state index contributed by atoms with van der Waals surface area (Å²) in [5.41, 5.74) is 2.56. The predicted molar refractivity (Wildman–Crippen MR) is 117 cm³/mol. The van der Waals surface area contributed by atoms with E-state index in [-0.39, 0.29) is 18.0 Å². The molecule has 0 spiro atoms. The van der Waals surface area contributed by atoms with Gasteiger partial charge in [-0.2, -0.15) is 0 Å². The van der Waals surface area contributed by atoms with Crippen LogP contribution in [-0.2, 0) is 0 Å². The number of rotatable bonds is 4. The molecule has 4 rings (SSSR count). The zero-order valence-electron chi connectivity index (χ0n) is 15.4. The van der Waals surface area contributed by atoms with Crippen LogP contribution in [0, 0.1) is 0 Å². The van der Waals surface area contributed by atoms with Crippen molar-refractivity contribution in [2.75, 3.05) is 11.4 Å². The third-order valence-corrected chi connectivity index (χ3v) is 5.98. The van der Waals surface area contributed by atoms with Gasteiger partial charge in [0.25, 0.3) is 5.91 Å². The Morgan fingerprint density at radius 1 is 1.03 bits per heavy atom. The van der Waals surface area contributed by atoms with Crippen LogP contribution in [0.2, 0.25) is 15.1 Å². The van der Waals surface area contributed by atoms with Gasteiger partial charge in [0.15, 0.2) is 0 Å². The number of piperidine rings is 1. The molecule has 2 atom stereocenters. The van der Waals surface area contributed by atoms with Gasteiger partial charge in [-0.1, -0.05) is 46.9 Å². The minimum atomic E-state index is -0.128. The first-order chi connectivity index (χ1) is 14.0. The molecule has 1 N–H and O–H groups in total. The number of halogens is 3. The van der Waals surface area contributed by atoms with Gasteiger partial charge in [-0.15, -0.1) is 0 Å². The van der Waals surface area contributed by atoms with E-state index in [1.165, 1.54) is 12.5 Å². The predicted octanol–water partition coefficient (Wildman–Crippen LogP) is 6.38. The largest absolute Gasteiger partial charge is 0.472 e. The average molecular weight is 450 g/mol. The topological polar surface area (TPSA) is 45.5 Å². The Balaban J connectivity index is 1.60. The molecular formula is C22H19Cl3N2O2. The molecule has 0 radical (unpaired) electrons. The minimum absolute atomic E-state index is 0.0282. The summed E-state index contributed by atoms with van der Waals surface area (Å²) in [6.07, 6.45) is 4.49. The number of benzene rings is 2. The van der Waals surface area contributed by atoms with Crippen LogP contribution in [0.1, 0.15) is 34.8 Å². The van der Waals surface area contributed by atoms with Crippen LogP contribution >= 0.6 is 34.8 Å². The van der Waals surface area contributed by atoms with Gasteiger partial charge in [0.1, 0.15) is 6.26 Å².